The molecule has 1 saturated carbocycles. The summed E-state index contributed by atoms with van der Waals surface area (Å²) in [6.45, 7) is 0.830. The number of aromatic nitrogens is 2. The summed E-state index contributed by atoms with van der Waals surface area (Å²) < 4.78 is 18.6. The molecule has 6 heteroatoms. The van der Waals surface area contributed by atoms with Gasteiger partial charge in [-0.3, -0.25) is 0 Å². The zero-order chi connectivity index (χ0) is 13.2. The van der Waals surface area contributed by atoms with Crippen molar-refractivity contribution in [3.63, 3.8) is 0 Å². The molecule has 0 spiro atoms. The van der Waals surface area contributed by atoms with Crippen molar-refractivity contribution in [1.82, 2.24) is 15.5 Å². The molecule has 100 valence electrons. The molecule has 3 rings (SSSR count). The van der Waals surface area contributed by atoms with E-state index < -0.39 is 5.82 Å². The van der Waals surface area contributed by atoms with Gasteiger partial charge in [-0.2, -0.15) is 0 Å². The van der Waals surface area contributed by atoms with E-state index >= 15 is 0 Å². The van der Waals surface area contributed by atoms with Crippen molar-refractivity contribution in [3.8, 4) is 11.5 Å². The number of rotatable bonds is 5. The Morgan fingerprint density at radius 2 is 2.21 bits per heavy atom. The summed E-state index contributed by atoms with van der Waals surface area (Å²) >= 11 is 5.72. The third-order valence-electron chi connectivity index (χ3n) is 2.98. The van der Waals surface area contributed by atoms with Crippen LogP contribution in [0, 0.1) is 5.82 Å². The summed E-state index contributed by atoms with van der Waals surface area (Å²) in [6.07, 6.45) is 3.20. The molecule has 1 aliphatic carbocycles. The lowest BCUT2D eigenvalue weighted by Crippen LogP contribution is -2.19. The second-order valence-corrected chi connectivity index (χ2v) is 5.02. The Hall–Kier alpha value is -1.46. The van der Waals surface area contributed by atoms with Crippen LogP contribution in [0.3, 0.4) is 0 Å². The number of halogens is 2. The van der Waals surface area contributed by atoms with Gasteiger partial charge in [0.25, 0.3) is 0 Å². The molecule has 4 nitrogen and oxygen atoms in total. The first-order valence-electron chi connectivity index (χ1n) is 6.23. The van der Waals surface area contributed by atoms with E-state index in [1.54, 1.807) is 6.07 Å². The second-order valence-electron chi connectivity index (χ2n) is 4.61. The maximum atomic E-state index is 13.1. The molecule has 0 atom stereocenters. The van der Waals surface area contributed by atoms with Crippen molar-refractivity contribution in [2.24, 2.45) is 0 Å². The van der Waals surface area contributed by atoms with Crippen LogP contribution >= 0.6 is 11.6 Å². The molecular formula is C13H13ClFN3O. The molecule has 0 radical (unpaired) electrons. The maximum Gasteiger partial charge on any atom is 0.247 e. The zero-order valence-electron chi connectivity index (χ0n) is 10.2. The van der Waals surface area contributed by atoms with Crippen LogP contribution in [0.15, 0.2) is 22.6 Å². The summed E-state index contributed by atoms with van der Waals surface area (Å²) in [5, 5.41) is 11.3. The first-order valence-corrected chi connectivity index (χ1v) is 6.61. The summed E-state index contributed by atoms with van der Waals surface area (Å²) in [5.74, 6) is 0.478. The van der Waals surface area contributed by atoms with E-state index in [9.17, 15) is 4.39 Å². The summed E-state index contributed by atoms with van der Waals surface area (Å²) in [4.78, 5) is 0. The highest BCUT2D eigenvalue weighted by atomic mass is 35.5. The standard InChI is InChI=1S/C13H13ClFN3O/c14-10-7-8(1-4-11(10)15)13-18-17-12(19-13)5-6-16-9-2-3-9/h1,4,7,9,16H,2-3,5-6H2. The van der Waals surface area contributed by atoms with E-state index in [2.05, 4.69) is 15.5 Å². The first-order chi connectivity index (χ1) is 9.22. The van der Waals surface area contributed by atoms with E-state index in [0.717, 1.165) is 6.54 Å². The normalized spacial score (nSPS) is 14.8. The van der Waals surface area contributed by atoms with Crippen LogP contribution in [0.4, 0.5) is 4.39 Å². The van der Waals surface area contributed by atoms with Crippen molar-refractivity contribution in [2.45, 2.75) is 25.3 Å². The predicted octanol–water partition coefficient (Wildman–Crippen LogP) is 2.82. The lowest BCUT2D eigenvalue weighted by molar-refractivity contribution is 0.494. The SMILES string of the molecule is Fc1ccc(-c2nnc(CCNC3CC3)o2)cc1Cl. The molecule has 2 aromatic rings. The van der Waals surface area contributed by atoms with E-state index in [1.807, 2.05) is 0 Å². The molecule has 1 N–H and O–H groups in total. The topological polar surface area (TPSA) is 51.0 Å². The van der Waals surface area contributed by atoms with Crippen molar-refractivity contribution in [1.29, 1.82) is 0 Å². The number of benzene rings is 1. The summed E-state index contributed by atoms with van der Waals surface area (Å²) in [7, 11) is 0. The molecule has 0 saturated heterocycles. The van der Waals surface area contributed by atoms with Crippen LogP contribution in [0.1, 0.15) is 18.7 Å². The van der Waals surface area contributed by atoms with Crippen LogP contribution < -0.4 is 5.32 Å². The molecule has 1 heterocycles. The number of nitrogens with one attached hydrogen (secondary N) is 1. The Kier molecular flexibility index (Phi) is 3.48. The molecular weight excluding hydrogens is 269 g/mol. The quantitative estimate of drug-likeness (QED) is 0.916. The lowest BCUT2D eigenvalue weighted by Gasteiger charge is -1.98. The lowest BCUT2D eigenvalue weighted by atomic mass is 10.2. The fraction of sp³-hybridized carbons (Fsp3) is 0.385. The minimum absolute atomic E-state index is 0.0488. The Balaban J connectivity index is 1.67. The highest BCUT2D eigenvalue weighted by molar-refractivity contribution is 6.31. The van der Waals surface area contributed by atoms with Crippen molar-refractivity contribution < 1.29 is 8.81 Å². The number of hydrogen-bond acceptors (Lipinski definition) is 4. The van der Waals surface area contributed by atoms with Crippen molar-refractivity contribution in [3.05, 3.63) is 34.9 Å². The number of nitrogens with zero attached hydrogens (tertiary/aromatic N) is 2. The molecule has 0 amide bonds. The molecule has 0 unspecified atom stereocenters. The van der Waals surface area contributed by atoms with Crippen LogP contribution in [-0.2, 0) is 6.42 Å². The average Bonchev–Trinajstić information content (AvgIpc) is 3.10. The largest absolute Gasteiger partial charge is 0.421 e. The second kappa shape index (κ2) is 5.27. The van der Waals surface area contributed by atoms with Gasteiger partial charge in [-0.05, 0) is 31.0 Å². The summed E-state index contributed by atoms with van der Waals surface area (Å²) in [5.41, 5.74) is 0.625. The Bertz CT molecular complexity index is 583. The van der Waals surface area contributed by atoms with E-state index in [4.69, 9.17) is 16.0 Å². The third kappa shape index (κ3) is 3.11. The van der Waals surface area contributed by atoms with Gasteiger partial charge in [0.2, 0.25) is 11.8 Å². The smallest absolute Gasteiger partial charge is 0.247 e. The Morgan fingerprint density at radius 1 is 1.37 bits per heavy atom. The predicted molar refractivity (Wildman–Crippen MR) is 69.4 cm³/mol. The minimum Gasteiger partial charge on any atom is -0.421 e. The fourth-order valence-corrected chi connectivity index (χ4v) is 1.95. The van der Waals surface area contributed by atoms with Crippen LogP contribution in [0.2, 0.25) is 5.02 Å². The van der Waals surface area contributed by atoms with Gasteiger partial charge in [0.15, 0.2) is 0 Å². The van der Waals surface area contributed by atoms with Gasteiger partial charge in [0.05, 0.1) is 5.02 Å². The van der Waals surface area contributed by atoms with Crippen LogP contribution in [0.25, 0.3) is 11.5 Å². The van der Waals surface area contributed by atoms with Gasteiger partial charge in [0, 0.05) is 24.6 Å². The highest BCUT2D eigenvalue weighted by Crippen LogP contribution is 2.24. The van der Waals surface area contributed by atoms with Gasteiger partial charge in [0.1, 0.15) is 5.82 Å². The molecule has 0 aliphatic heterocycles. The fourth-order valence-electron chi connectivity index (χ4n) is 1.77. The highest BCUT2D eigenvalue weighted by Gasteiger charge is 2.20. The van der Waals surface area contributed by atoms with Crippen molar-refractivity contribution >= 4 is 11.6 Å². The molecule has 0 bridgehead atoms. The molecule has 1 aromatic heterocycles. The van der Waals surface area contributed by atoms with Crippen LogP contribution in [-0.4, -0.2) is 22.8 Å². The van der Waals surface area contributed by atoms with Crippen LogP contribution in [0.5, 0.6) is 0 Å². The van der Waals surface area contributed by atoms with Gasteiger partial charge in [-0.15, -0.1) is 10.2 Å². The number of hydrogen-bond donors (Lipinski definition) is 1. The monoisotopic (exact) mass is 281 g/mol. The van der Waals surface area contributed by atoms with Gasteiger partial charge >= 0.3 is 0 Å². The minimum atomic E-state index is -0.459. The summed E-state index contributed by atoms with van der Waals surface area (Å²) in [6, 6.07) is 5.01. The average molecular weight is 282 g/mol. The first kappa shape index (κ1) is 12.6. The third-order valence-corrected chi connectivity index (χ3v) is 3.27. The van der Waals surface area contributed by atoms with Crippen molar-refractivity contribution in [2.75, 3.05) is 6.54 Å². The Morgan fingerprint density at radius 3 is 2.95 bits per heavy atom. The zero-order valence-corrected chi connectivity index (χ0v) is 11.0. The van der Waals surface area contributed by atoms with E-state index in [-0.39, 0.29) is 5.02 Å². The van der Waals surface area contributed by atoms with Gasteiger partial charge < -0.3 is 9.73 Å². The molecule has 1 aliphatic rings. The maximum absolute atomic E-state index is 13.1. The van der Waals surface area contributed by atoms with Gasteiger partial charge in [-0.25, -0.2) is 4.39 Å². The van der Waals surface area contributed by atoms with E-state index in [0.29, 0.717) is 29.8 Å². The Labute approximate surface area is 115 Å². The molecule has 19 heavy (non-hydrogen) atoms. The molecule has 1 fully saturated rings. The van der Waals surface area contributed by atoms with Gasteiger partial charge in [-0.1, -0.05) is 11.6 Å². The molecule has 1 aromatic carbocycles. The van der Waals surface area contributed by atoms with E-state index in [1.165, 1.54) is 25.0 Å².